The maximum atomic E-state index is 11.0. The van der Waals surface area contributed by atoms with E-state index in [2.05, 4.69) is 43.2 Å². The Labute approximate surface area is 101 Å². The van der Waals surface area contributed by atoms with Crippen molar-refractivity contribution >= 4 is 16.8 Å². The summed E-state index contributed by atoms with van der Waals surface area (Å²) < 4.78 is 0. The van der Waals surface area contributed by atoms with Crippen LogP contribution in [0.2, 0.25) is 0 Å². The summed E-state index contributed by atoms with van der Waals surface area (Å²) in [6.45, 7) is 8.40. The zero-order valence-electron chi connectivity index (χ0n) is 10.8. The topological polar surface area (TPSA) is 44.9 Å². The highest BCUT2D eigenvalue weighted by molar-refractivity contribution is 5.88. The SMILES string of the molecule is CC(=O)NCc1cc(C)cc2c(C)c(C)[nH]c12. The van der Waals surface area contributed by atoms with E-state index in [4.69, 9.17) is 0 Å². The summed E-state index contributed by atoms with van der Waals surface area (Å²) in [5.74, 6) is -0.000318. The maximum absolute atomic E-state index is 11.0. The number of nitrogens with one attached hydrogen (secondary N) is 2. The number of rotatable bonds is 2. The normalized spacial score (nSPS) is 10.8. The van der Waals surface area contributed by atoms with E-state index in [-0.39, 0.29) is 5.91 Å². The van der Waals surface area contributed by atoms with Crippen LogP contribution < -0.4 is 5.32 Å². The highest BCUT2D eigenvalue weighted by atomic mass is 16.1. The minimum Gasteiger partial charge on any atom is -0.358 e. The standard InChI is InChI=1S/C14H18N2O/c1-8-5-12(7-15-11(4)17)14-13(6-8)9(2)10(3)16-14/h5-6,16H,7H2,1-4H3,(H,15,17). The molecule has 0 radical (unpaired) electrons. The molecule has 3 nitrogen and oxygen atoms in total. The Morgan fingerprint density at radius 2 is 2.00 bits per heavy atom. The first kappa shape index (κ1) is 11.7. The minimum absolute atomic E-state index is 0.000318. The van der Waals surface area contributed by atoms with Crippen LogP contribution in [-0.2, 0) is 11.3 Å². The first-order valence-electron chi connectivity index (χ1n) is 5.82. The highest BCUT2D eigenvalue weighted by Gasteiger charge is 2.09. The molecule has 3 heteroatoms. The van der Waals surface area contributed by atoms with E-state index in [0.29, 0.717) is 6.54 Å². The van der Waals surface area contributed by atoms with Gasteiger partial charge in [0, 0.05) is 24.5 Å². The van der Waals surface area contributed by atoms with Crippen LogP contribution in [0.1, 0.15) is 29.3 Å². The molecule has 1 aromatic carbocycles. The third kappa shape index (κ3) is 2.18. The Balaban J connectivity index is 2.54. The Morgan fingerprint density at radius 3 is 2.65 bits per heavy atom. The molecule has 0 aliphatic carbocycles. The number of carbonyl (C=O) groups is 1. The van der Waals surface area contributed by atoms with Gasteiger partial charge in [0.05, 0.1) is 5.52 Å². The Morgan fingerprint density at radius 1 is 1.29 bits per heavy atom. The summed E-state index contributed by atoms with van der Waals surface area (Å²) in [6.07, 6.45) is 0. The van der Waals surface area contributed by atoms with Crippen molar-refractivity contribution in [2.45, 2.75) is 34.2 Å². The number of carbonyl (C=O) groups excluding carboxylic acids is 1. The zero-order valence-corrected chi connectivity index (χ0v) is 10.8. The zero-order chi connectivity index (χ0) is 12.6. The molecule has 17 heavy (non-hydrogen) atoms. The summed E-state index contributed by atoms with van der Waals surface area (Å²) in [7, 11) is 0. The molecule has 2 N–H and O–H groups in total. The molecule has 0 unspecified atom stereocenters. The molecule has 1 aromatic heterocycles. The van der Waals surface area contributed by atoms with Gasteiger partial charge < -0.3 is 10.3 Å². The van der Waals surface area contributed by atoms with Gasteiger partial charge in [0.2, 0.25) is 5.91 Å². The second-order valence-electron chi connectivity index (χ2n) is 4.63. The van der Waals surface area contributed by atoms with Gasteiger partial charge in [0.25, 0.3) is 0 Å². The molecule has 2 aromatic rings. The maximum Gasteiger partial charge on any atom is 0.217 e. The van der Waals surface area contributed by atoms with Crippen molar-refractivity contribution in [3.8, 4) is 0 Å². The number of aromatic nitrogens is 1. The van der Waals surface area contributed by atoms with E-state index < -0.39 is 0 Å². The quantitative estimate of drug-likeness (QED) is 0.818. The fourth-order valence-electron chi connectivity index (χ4n) is 2.15. The molecule has 90 valence electrons. The minimum atomic E-state index is -0.000318. The molecular weight excluding hydrogens is 212 g/mol. The fourth-order valence-corrected chi connectivity index (χ4v) is 2.15. The van der Waals surface area contributed by atoms with Crippen LogP contribution in [0, 0.1) is 20.8 Å². The summed E-state index contributed by atoms with van der Waals surface area (Å²) in [6, 6.07) is 4.30. The predicted octanol–water partition coefficient (Wildman–Crippen LogP) is 2.73. The molecule has 0 fully saturated rings. The lowest BCUT2D eigenvalue weighted by molar-refractivity contribution is -0.119. The highest BCUT2D eigenvalue weighted by Crippen LogP contribution is 2.25. The van der Waals surface area contributed by atoms with Crippen molar-refractivity contribution in [1.82, 2.24) is 10.3 Å². The largest absolute Gasteiger partial charge is 0.358 e. The smallest absolute Gasteiger partial charge is 0.217 e. The predicted molar refractivity (Wildman–Crippen MR) is 70.0 cm³/mol. The summed E-state index contributed by atoms with van der Waals surface area (Å²) >= 11 is 0. The molecule has 1 heterocycles. The van der Waals surface area contributed by atoms with Crippen molar-refractivity contribution in [3.05, 3.63) is 34.5 Å². The second kappa shape index (κ2) is 4.24. The molecule has 0 saturated heterocycles. The van der Waals surface area contributed by atoms with Gasteiger partial charge in [0.1, 0.15) is 0 Å². The number of aryl methyl sites for hydroxylation is 3. The Hall–Kier alpha value is -1.77. The molecular formula is C14H18N2O. The number of aromatic amines is 1. The average molecular weight is 230 g/mol. The molecule has 1 amide bonds. The summed E-state index contributed by atoms with van der Waals surface area (Å²) in [5, 5.41) is 4.10. The lowest BCUT2D eigenvalue weighted by Crippen LogP contribution is -2.19. The van der Waals surface area contributed by atoms with Crippen molar-refractivity contribution in [3.63, 3.8) is 0 Å². The first-order chi connectivity index (χ1) is 7.99. The van der Waals surface area contributed by atoms with Crippen LogP contribution in [0.5, 0.6) is 0 Å². The molecule has 0 saturated carbocycles. The van der Waals surface area contributed by atoms with Crippen molar-refractivity contribution < 1.29 is 4.79 Å². The fraction of sp³-hybridized carbons (Fsp3) is 0.357. The van der Waals surface area contributed by atoms with Gasteiger partial charge in [-0.05, 0) is 38.0 Å². The van der Waals surface area contributed by atoms with E-state index in [9.17, 15) is 4.79 Å². The van der Waals surface area contributed by atoms with Crippen LogP contribution in [0.4, 0.5) is 0 Å². The van der Waals surface area contributed by atoms with Gasteiger partial charge in [-0.1, -0.05) is 11.6 Å². The molecule has 0 spiro atoms. The molecule has 0 bridgehead atoms. The molecule has 0 aliphatic heterocycles. The van der Waals surface area contributed by atoms with Crippen molar-refractivity contribution in [2.24, 2.45) is 0 Å². The van der Waals surface area contributed by atoms with Gasteiger partial charge in [-0.2, -0.15) is 0 Å². The number of amides is 1. The van der Waals surface area contributed by atoms with Crippen LogP contribution >= 0.6 is 0 Å². The van der Waals surface area contributed by atoms with Crippen molar-refractivity contribution in [1.29, 1.82) is 0 Å². The van der Waals surface area contributed by atoms with E-state index >= 15 is 0 Å². The third-order valence-electron chi connectivity index (χ3n) is 3.17. The lowest BCUT2D eigenvalue weighted by Gasteiger charge is -2.06. The van der Waals surface area contributed by atoms with Gasteiger partial charge in [-0.3, -0.25) is 4.79 Å². The molecule has 0 atom stereocenters. The van der Waals surface area contributed by atoms with Crippen LogP contribution in [0.15, 0.2) is 12.1 Å². The molecule has 0 aliphatic rings. The number of H-pyrrole nitrogens is 1. The number of hydrogen-bond donors (Lipinski definition) is 2. The molecule has 2 rings (SSSR count). The third-order valence-corrected chi connectivity index (χ3v) is 3.17. The van der Waals surface area contributed by atoms with Crippen molar-refractivity contribution in [2.75, 3.05) is 0 Å². The monoisotopic (exact) mass is 230 g/mol. The van der Waals surface area contributed by atoms with Gasteiger partial charge in [-0.15, -0.1) is 0 Å². The Kier molecular flexibility index (Phi) is 2.92. The average Bonchev–Trinajstić information content (AvgIpc) is 2.53. The van der Waals surface area contributed by atoms with Gasteiger partial charge in [0.15, 0.2) is 0 Å². The summed E-state index contributed by atoms with van der Waals surface area (Å²) in [4.78, 5) is 14.4. The second-order valence-corrected chi connectivity index (χ2v) is 4.63. The number of benzene rings is 1. The van der Waals surface area contributed by atoms with E-state index in [1.54, 1.807) is 0 Å². The van der Waals surface area contributed by atoms with E-state index in [0.717, 1.165) is 11.1 Å². The number of hydrogen-bond acceptors (Lipinski definition) is 1. The lowest BCUT2D eigenvalue weighted by atomic mass is 10.0. The first-order valence-corrected chi connectivity index (χ1v) is 5.82. The van der Waals surface area contributed by atoms with Gasteiger partial charge >= 0.3 is 0 Å². The van der Waals surface area contributed by atoms with Crippen LogP contribution in [0.25, 0.3) is 10.9 Å². The van der Waals surface area contributed by atoms with E-state index in [1.807, 2.05) is 0 Å². The van der Waals surface area contributed by atoms with Crippen LogP contribution in [0.3, 0.4) is 0 Å². The Bertz CT molecular complexity index is 581. The van der Waals surface area contributed by atoms with E-state index in [1.165, 1.54) is 29.1 Å². The van der Waals surface area contributed by atoms with Crippen LogP contribution in [-0.4, -0.2) is 10.9 Å². The van der Waals surface area contributed by atoms with Gasteiger partial charge in [-0.25, -0.2) is 0 Å². The number of fused-ring (bicyclic) bond motifs is 1. The summed E-state index contributed by atoms with van der Waals surface area (Å²) in [5.41, 5.74) is 5.98.